The summed E-state index contributed by atoms with van der Waals surface area (Å²) in [6.45, 7) is 4.92. The molecule has 0 heterocycles. The molecule has 0 bridgehead atoms. The monoisotopic (exact) mass is 1040 g/mol. The van der Waals surface area contributed by atoms with E-state index in [0.717, 1.165) is 44.9 Å². The molecule has 0 aliphatic rings. The molecule has 9 heteroatoms. The predicted octanol–water partition coefficient (Wildman–Crippen LogP) is 19.5. The highest BCUT2D eigenvalue weighted by Gasteiger charge is 2.28. The third-order valence-corrected chi connectivity index (χ3v) is 15.7. The molecular weight excluding hydrogens is 912 g/mol. The molecule has 3 unspecified atom stereocenters. The fraction of sp³-hybridized carbons (Fsp3) is 0.921. The maximum atomic E-state index is 13.0. The van der Waals surface area contributed by atoms with E-state index in [4.69, 9.17) is 9.05 Å². The van der Waals surface area contributed by atoms with E-state index in [1.54, 1.807) is 0 Å². The van der Waals surface area contributed by atoms with Crippen molar-refractivity contribution < 1.29 is 32.9 Å². The number of hydrogen-bond acceptors (Lipinski definition) is 5. The first kappa shape index (κ1) is 71.0. The summed E-state index contributed by atoms with van der Waals surface area (Å²) in [4.78, 5) is 23.4. The van der Waals surface area contributed by atoms with Gasteiger partial charge in [0.25, 0.3) is 0 Å². The number of likely N-dealkylation sites (N-methyl/N-ethyl adjacent to an activating group) is 1. The topological polar surface area (TPSA) is 105 Å². The van der Waals surface area contributed by atoms with Crippen LogP contribution < -0.4 is 5.32 Å². The smallest absolute Gasteiger partial charge is 0.391 e. The minimum atomic E-state index is -4.33. The lowest BCUT2D eigenvalue weighted by Gasteiger charge is -2.26. The highest BCUT2D eigenvalue weighted by Crippen LogP contribution is 2.43. The predicted molar refractivity (Wildman–Crippen MR) is 314 cm³/mol. The number of nitrogens with one attached hydrogen (secondary N) is 1. The van der Waals surface area contributed by atoms with Gasteiger partial charge in [0.15, 0.2) is 0 Å². The lowest BCUT2D eigenvalue weighted by molar-refractivity contribution is -0.870. The fourth-order valence-electron chi connectivity index (χ4n) is 9.73. The highest BCUT2D eigenvalue weighted by molar-refractivity contribution is 7.47. The van der Waals surface area contributed by atoms with Gasteiger partial charge in [-0.15, -0.1) is 0 Å². The molecule has 428 valence electrons. The SMILES string of the molecule is CCCCCCC/C=C\C/C=C\CCCCCCCCCCCC(=O)NC(COP(=O)(O)OCC[N+](C)(C)C)C(O)CCCCCCCCCCCCCCCCCCCCCCCCCCCCCCC. The number of nitrogens with zero attached hydrogens (tertiary/aromatic N) is 1. The van der Waals surface area contributed by atoms with Crippen molar-refractivity contribution in [2.45, 2.75) is 334 Å². The van der Waals surface area contributed by atoms with E-state index in [1.807, 2.05) is 21.1 Å². The molecule has 3 atom stereocenters. The standard InChI is InChI=1S/C63H125N2O6P/c1-6-8-10-12-14-16-18-20-22-24-26-28-29-30-31-32-33-34-35-37-38-40-42-44-46-48-50-52-54-56-62(66)61(60-71-72(68,69)70-59-58-65(3,4)5)64-63(67)57-55-53-51-49-47-45-43-41-39-36-27-25-23-21-19-17-15-13-11-9-7-2/h19,21,25,27,61-62,66H,6-18,20,22-24,26,28-60H2,1-5H3,(H-,64,67,68,69)/p+1/b21-19-,27-25-. The molecular formula is C63H126N2O6P+. The molecule has 0 aromatic heterocycles. The number of allylic oxidation sites excluding steroid dienone is 4. The summed E-state index contributed by atoms with van der Waals surface area (Å²) in [5, 5.41) is 14.1. The van der Waals surface area contributed by atoms with Gasteiger partial charge in [-0.1, -0.05) is 295 Å². The lowest BCUT2D eigenvalue weighted by Crippen LogP contribution is -2.46. The summed E-state index contributed by atoms with van der Waals surface area (Å²) in [6.07, 6.45) is 69.7. The summed E-state index contributed by atoms with van der Waals surface area (Å²) < 4.78 is 23.8. The van der Waals surface area contributed by atoms with Crippen LogP contribution in [-0.2, 0) is 18.4 Å². The van der Waals surface area contributed by atoms with Gasteiger partial charge in [0.1, 0.15) is 13.2 Å². The van der Waals surface area contributed by atoms with Crippen LogP contribution in [0.5, 0.6) is 0 Å². The second-order valence-corrected chi connectivity index (χ2v) is 24.6. The van der Waals surface area contributed by atoms with Crippen molar-refractivity contribution in [1.29, 1.82) is 0 Å². The van der Waals surface area contributed by atoms with Gasteiger partial charge in [-0.05, 0) is 44.9 Å². The van der Waals surface area contributed by atoms with Crippen molar-refractivity contribution in [3.05, 3.63) is 24.3 Å². The van der Waals surface area contributed by atoms with E-state index in [1.165, 1.54) is 250 Å². The van der Waals surface area contributed by atoms with Crippen LogP contribution in [0.3, 0.4) is 0 Å². The Morgan fingerprint density at radius 1 is 0.472 bits per heavy atom. The van der Waals surface area contributed by atoms with Gasteiger partial charge < -0.3 is 19.8 Å². The third-order valence-electron chi connectivity index (χ3n) is 14.7. The largest absolute Gasteiger partial charge is 0.472 e. The third kappa shape index (κ3) is 56.7. The van der Waals surface area contributed by atoms with E-state index in [2.05, 4.69) is 43.5 Å². The van der Waals surface area contributed by atoms with Gasteiger partial charge in [-0.2, -0.15) is 0 Å². The highest BCUT2D eigenvalue weighted by atomic mass is 31.2. The summed E-state index contributed by atoms with van der Waals surface area (Å²) >= 11 is 0. The normalized spacial score (nSPS) is 13.9. The van der Waals surface area contributed by atoms with Crippen LogP contribution in [-0.4, -0.2) is 73.4 Å². The molecule has 0 fully saturated rings. The van der Waals surface area contributed by atoms with E-state index >= 15 is 0 Å². The van der Waals surface area contributed by atoms with Crippen LogP contribution >= 0.6 is 7.82 Å². The van der Waals surface area contributed by atoms with Crippen molar-refractivity contribution in [3.8, 4) is 0 Å². The number of rotatable bonds is 59. The molecule has 1 amide bonds. The van der Waals surface area contributed by atoms with Crippen molar-refractivity contribution in [2.75, 3.05) is 40.9 Å². The Balaban J connectivity index is 4.07. The average molecular weight is 1040 g/mol. The number of phosphoric ester groups is 1. The molecule has 0 radical (unpaired) electrons. The number of unbranched alkanes of at least 4 members (excludes halogenated alkanes) is 42. The Morgan fingerprint density at radius 2 is 0.792 bits per heavy atom. The maximum Gasteiger partial charge on any atom is 0.472 e. The summed E-state index contributed by atoms with van der Waals surface area (Å²) in [5.41, 5.74) is 0. The molecule has 3 N–H and O–H groups in total. The van der Waals surface area contributed by atoms with Crippen LogP contribution in [0.1, 0.15) is 322 Å². The van der Waals surface area contributed by atoms with Crippen molar-refractivity contribution in [1.82, 2.24) is 5.32 Å². The Hall–Kier alpha value is -1.02. The van der Waals surface area contributed by atoms with E-state index in [9.17, 15) is 19.4 Å². The molecule has 0 rings (SSSR count). The second-order valence-electron chi connectivity index (χ2n) is 23.1. The molecule has 72 heavy (non-hydrogen) atoms. The van der Waals surface area contributed by atoms with Crippen molar-refractivity contribution in [3.63, 3.8) is 0 Å². The van der Waals surface area contributed by atoms with Crippen molar-refractivity contribution in [2.24, 2.45) is 0 Å². The van der Waals surface area contributed by atoms with Crippen LogP contribution in [0.25, 0.3) is 0 Å². The Bertz CT molecular complexity index is 1220. The second kappa shape index (κ2) is 54.8. The minimum absolute atomic E-state index is 0.0752. The van der Waals surface area contributed by atoms with Crippen LogP contribution in [0.15, 0.2) is 24.3 Å². The zero-order valence-corrected chi connectivity index (χ0v) is 49.8. The molecule has 0 spiro atoms. The average Bonchev–Trinajstić information content (AvgIpc) is 3.34. The summed E-state index contributed by atoms with van der Waals surface area (Å²) in [7, 11) is 1.63. The molecule has 0 aromatic rings. The first-order valence-corrected chi connectivity index (χ1v) is 33.2. The van der Waals surface area contributed by atoms with Gasteiger partial charge in [-0.25, -0.2) is 4.57 Å². The molecule has 0 saturated heterocycles. The first-order chi connectivity index (χ1) is 35.0. The fourth-order valence-corrected chi connectivity index (χ4v) is 10.5. The number of carbonyl (C=O) groups excluding carboxylic acids is 1. The summed E-state index contributed by atoms with van der Waals surface area (Å²) in [5.74, 6) is -0.144. The quantitative estimate of drug-likeness (QED) is 0.0243. The number of quaternary nitrogens is 1. The van der Waals surface area contributed by atoms with Crippen LogP contribution in [0, 0.1) is 0 Å². The number of amides is 1. The molecule has 0 aromatic carbocycles. The number of carbonyl (C=O) groups is 1. The Morgan fingerprint density at radius 3 is 1.14 bits per heavy atom. The maximum absolute atomic E-state index is 13.0. The first-order valence-electron chi connectivity index (χ1n) is 31.7. The van der Waals surface area contributed by atoms with Gasteiger partial charge >= 0.3 is 7.82 Å². The lowest BCUT2D eigenvalue weighted by atomic mass is 10.0. The Labute approximate surface area is 449 Å². The zero-order valence-electron chi connectivity index (χ0n) is 48.9. The number of aliphatic hydroxyl groups excluding tert-OH is 1. The number of phosphoric acid groups is 1. The van der Waals surface area contributed by atoms with Gasteiger partial charge in [0.2, 0.25) is 5.91 Å². The molecule has 8 nitrogen and oxygen atoms in total. The molecule has 0 aliphatic carbocycles. The minimum Gasteiger partial charge on any atom is -0.391 e. The van der Waals surface area contributed by atoms with E-state index < -0.39 is 20.0 Å². The van der Waals surface area contributed by atoms with E-state index in [0.29, 0.717) is 23.9 Å². The summed E-state index contributed by atoms with van der Waals surface area (Å²) in [6, 6.07) is -0.763. The van der Waals surface area contributed by atoms with Crippen LogP contribution in [0.4, 0.5) is 0 Å². The van der Waals surface area contributed by atoms with Gasteiger partial charge in [0, 0.05) is 6.42 Å². The van der Waals surface area contributed by atoms with E-state index in [-0.39, 0.29) is 19.1 Å². The van der Waals surface area contributed by atoms with Crippen molar-refractivity contribution >= 4 is 13.7 Å². The Kier molecular flexibility index (Phi) is 54.0. The number of aliphatic hydroxyl groups is 1. The van der Waals surface area contributed by atoms with Gasteiger partial charge in [-0.3, -0.25) is 13.8 Å². The molecule has 0 aliphatic heterocycles. The number of hydrogen-bond donors (Lipinski definition) is 3. The van der Waals surface area contributed by atoms with Gasteiger partial charge in [0.05, 0.1) is 39.9 Å². The zero-order chi connectivity index (χ0) is 52.7. The molecule has 0 saturated carbocycles. The van der Waals surface area contributed by atoms with Crippen LogP contribution in [0.2, 0.25) is 0 Å².